The fourth-order valence-electron chi connectivity index (χ4n) is 3.20. The van der Waals surface area contributed by atoms with E-state index in [4.69, 9.17) is 5.11 Å². The first-order chi connectivity index (χ1) is 12.5. The molecule has 0 saturated carbocycles. The van der Waals surface area contributed by atoms with Crippen molar-refractivity contribution in [2.45, 2.75) is 33.0 Å². The summed E-state index contributed by atoms with van der Waals surface area (Å²) in [5.74, 6) is -0.178. The largest absolute Gasteiger partial charge is 0.392 e. The molecule has 0 aromatic heterocycles. The zero-order chi connectivity index (χ0) is 18.7. The van der Waals surface area contributed by atoms with Gasteiger partial charge in [-0.05, 0) is 37.1 Å². The molecule has 1 saturated heterocycles. The predicted molar refractivity (Wildman–Crippen MR) is 99.5 cm³/mol. The van der Waals surface area contributed by atoms with Gasteiger partial charge in [0.15, 0.2) is 0 Å². The number of amides is 2. The van der Waals surface area contributed by atoms with E-state index in [1.54, 1.807) is 36.1 Å². The number of carbonyl (C=O) groups is 2. The lowest BCUT2D eigenvalue weighted by atomic mass is 10.1. The highest BCUT2D eigenvalue weighted by Gasteiger charge is 2.34. The first kappa shape index (κ1) is 18.1. The second kappa shape index (κ2) is 7.70. The highest BCUT2D eigenvalue weighted by Crippen LogP contribution is 2.18. The van der Waals surface area contributed by atoms with Gasteiger partial charge in [-0.2, -0.15) is 0 Å². The number of aliphatic hydroxyl groups excluding tert-OH is 1. The van der Waals surface area contributed by atoms with E-state index in [-0.39, 0.29) is 18.4 Å². The molecule has 0 aliphatic carbocycles. The molecular formula is C21H24N2O3. The minimum Gasteiger partial charge on any atom is -0.392 e. The Morgan fingerprint density at radius 1 is 1.04 bits per heavy atom. The number of nitrogens with zero attached hydrogens (tertiary/aromatic N) is 2. The Kier molecular flexibility index (Phi) is 5.38. The summed E-state index contributed by atoms with van der Waals surface area (Å²) < 4.78 is 0. The molecule has 5 heteroatoms. The minimum absolute atomic E-state index is 0.0304. The van der Waals surface area contributed by atoms with Crippen LogP contribution in [-0.4, -0.2) is 45.9 Å². The van der Waals surface area contributed by atoms with E-state index in [9.17, 15) is 9.59 Å². The van der Waals surface area contributed by atoms with Crippen molar-refractivity contribution < 1.29 is 14.7 Å². The number of benzene rings is 2. The van der Waals surface area contributed by atoms with Crippen molar-refractivity contribution in [1.29, 1.82) is 0 Å². The van der Waals surface area contributed by atoms with Gasteiger partial charge in [-0.25, -0.2) is 0 Å². The van der Waals surface area contributed by atoms with Crippen molar-refractivity contribution in [2.75, 3.05) is 13.1 Å². The molecule has 2 amide bonds. The van der Waals surface area contributed by atoms with Gasteiger partial charge < -0.3 is 14.9 Å². The third-order valence-electron chi connectivity index (χ3n) is 4.89. The molecular weight excluding hydrogens is 328 g/mol. The molecule has 1 aliphatic rings. The predicted octanol–water partition coefficient (Wildman–Crippen LogP) is 2.36. The van der Waals surface area contributed by atoms with Crippen LogP contribution in [0.2, 0.25) is 0 Å². The topological polar surface area (TPSA) is 60.9 Å². The van der Waals surface area contributed by atoms with Crippen molar-refractivity contribution in [1.82, 2.24) is 9.80 Å². The Balaban J connectivity index is 1.68. The monoisotopic (exact) mass is 352 g/mol. The maximum absolute atomic E-state index is 12.8. The van der Waals surface area contributed by atoms with Crippen LogP contribution in [0.3, 0.4) is 0 Å². The summed E-state index contributed by atoms with van der Waals surface area (Å²) in [6.45, 7) is 5.37. The summed E-state index contributed by atoms with van der Waals surface area (Å²) in [5.41, 5.74) is 3.58. The van der Waals surface area contributed by atoms with Crippen LogP contribution in [0.15, 0.2) is 48.5 Å². The molecule has 26 heavy (non-hydrogen) atoms. The number of carbonyl (C=O) groups excluding carboxylic acids is 2. The molecule has 1 aliphatic heterocycles. The number of aliphatic hydroxyl groups is 1. The smallest absolute Gasteiger partial charge is 0.254 e. The first-order valence-electron chi connectivity index (χ1n) is 8.84. The number of hydrogen-bond acceptors (Lipinski definition) is 3. The molecule has 1 heterocycles. The van der Waals surface area contributed by atoms with Crippen LogP contribution in [-0.2, 0) is 17.9 Å². The average Bonchev–Trinajstić information content (AvgIpc) is 2.67. The Bertz CT molecular complexity index is 784. The fraction of sp³-hybridized carbons (Fsp3) is 0.333. The molecule has 2 aromatic carbocycles. The van der Waals surface area contributed by atoms with E-state index in [1.165, 1.54) is 5.56 Å². The number of aryl methyl sites for hydroxylation is 1. The van der Waals surface area contributed by atoms with E-state index in [2.05, 4.69) is 0 Å². The highest BCUT2D eigenvalue weighted by molar-refractivity contribution is 5.98. The maximum atomic E-state index is 12.8. The SMILES string of the molecule is Cc1ccc(CN2CCN(C(=O)c3ccc(CO)cc3)C(C)C2=O)cc1. The molecule has 1 atom stereocenters. The third kappa shape index (κ3) is 3.78. The zero-order valence-electron chi connectivity index (χ0n) is 15.2. The zero-order valence-corrected chi connectivity index (χ0v) is 15.2. The van der Waals surface area contributed by atoms with Crippen molar-refractivity contribution in [3.05, 3.63) is 70.8 Å². The third-order valence-corrected chi connectivity index (χ3v) is 4.89. The fourth-order valence-corrected chi connectivity index (χ4v) is 3.20. The molecule has 1 N–H and O–H groups in total. The minimum atomic E-state index is -0.487. The Hall–Kier alpha value is -2.66. The molecule has 0 radical (unpaired) electrons. The van der Waals surface area contributed by atoms with Crippen LogP contribution in [0.25, 0.3) is 0 Å². The van der Waals surface area contributed by atoms with Gasteiger partial charge in [0, 0.05) is 25.2 Å². The molecule has 5 nitrogen and oxygen atoms in total. The Morgan fingerprint density at radius 2 is 1.65 bits per heavy atom. The van der Waals surface area contributed by atoms with Crippen LogP contribution >= 0.6 is 0 Å². The van der Waals surface area contributed by atoms with E-state index in [1.807, 2.05) is 36.1 Å². The number of rotatable bonds is 4. The summed E-state index contributed by atoms with van der Waals surface area (Å²) in [7, 11) is 0. The standard InChI is InChI=1S/C21H24N2O3/c1-15-3-5-17(6-4-15)13-22-11-12-23(16(2)20(22)25)21(26)19-9-7-18(14-24)8-10-19/h3-10,16,24H,11-14H2,1-2H3. The van der Waals surface area contributed by atoms with Crippen LogP contribution in [0.5, 0.6) is 0 Å². The van der Waals surface area contributed by atoms with Gasteiger partial charge in [0.25, 0.3) is 5.91 Å². The molecule has 2 aromatic rings. The summed E-state index contributed by atoms with van der Waals surface area (Å²) in [5, 5.41) is 9.11. The normalized spacial score (nSPS) is 17.5. The number of hydrogen-bond donors (Lipinski definition) is 1. The molecule has 0 spiro atoms. The maximum Gasteiger partial charge on any atom is 0.254 e. The van der Waals surface area contributed by atoms with Gasteiger partial charge in [-0.3, -0.25) is 9.59 Å². The summed E-state index contributed by atoms with van der Waals surface area (Å²) >= 11 is 0. The van der Waals surface area contributed by atoms with Crippen LogP contribution in [0.1, 0.15) is 34.0 Å². The van der Waals surface area contributed by atoms with E-state index >= 15 is 0 Å². The lowest BCUT2D eigenvalue weighted by Gasteiger charge is -2.39. The van der Waals surface area contributed by atoms with E-state index < -0.39 is 6.04 Å². The van der Waals surface area contributed by atoms with Gasteiger partial charge in [-0.15, -0.1) is 0 Å². The van der Waals surface area contributed by atoms with Crippen LogP contribution < -0.4 is 0 Å². The summed E-state index contributed by atoms with van der Waals surface area (Å²) in [4.78, 5) is 28.9. The average molecular weight is 352 g/mol. The summed E-state index contributed by atoms with van der Waals surface area (Å²) in [6, 6.07) is 14.5. The van der Waals surface area contributed by atoms with Crippen molar-refractivity contribution in [2.24, 2.45) is 0 Å². The van der Waals surface area contributed by atoms with Crippen LogP contribution in [0, 0.1) is 6.92 Å². The highest BCUT2D eigenvalue weighted by atomic mass is 16.3. The van der Waals surface area contributed by atoms with Gasteiger partial charge in [0.05, 0.1) is 6.61 Å². The number of piperazine rings is 1. The Labute approximate surface area is 153 Å². The molecule has 136 valence electrons. The van der Waals surface area contributed by atoms with E-state index in [0.717, 1.165) is 11.1 Å². The van der Waals surface area contributed by atoms with Gasteiger partial charge in [-0.1, -0.05) is 42.0 Å². The molecule has 0 bridgehead atoms. The molecule has 3 rings (SSSR count). The lowest BCUT2D eigenvalue weighted by molar-refractivity contribution is -0.140. The van der Waals surface area contributed by atoms with Gasteiger partial charge in [0.2, 0.25) is 5.91 Å². The van der Waals surface area contributed by atoms with Crippen molar-refractivity contribution in [3.8, 4) is 0 Å². The second-order valence-corrected chi connectivity index (χ2v) is 6.77. The van der Waals surface area contributed by atoms with Crippen molar-refractivity contribution >= 4 is 11.8 Å². The lowest BCUT2D eigenvalue weighted by Crippen LogP contribution is -2.57. The Morgan fingerprint density at radius 3 is 2.27 bits per heavy atom. The second-order valence-electron chi connectivity index (χ2n) is 6.77. The van der Waals surface area contributed by atoms with Crippen molar-refractivity contribution in [3.63, 3.8) is 0 Å². The van der Waals surface area contributed by atoms with Crippen LogP contribution in [0.4, 0.5) is 0 Å². The quantitative estimate of drug-likeness (QED) is 0.919. The van der Waals surface area contributed by atoms with E-state index in [0.29, 0.717) is 25.2 Å². The molecule has 1 unspecified atom stereocenters. The summed E-state index contributed by atoms with van der Waals surface area (Å²) in [6.07, 6.45) is 0. The van der Waals surface area contributed by atoms with Gasteiger partial charge >= 0.3 is 0 Å². The van der Waals surface area contributed by atoms with Gasteiger partial charge in [0.1, 0.15) is 6.04 Å². The first-order valence-corrected chi connectivity index (χ1v) is 8.84. The molecule has 1 fully saturated rings.